The lowest BCUT2D eigenvalue weighted by Crippen LogP contribution is -2.36. The van der Waals surface area contributed by atoms with Crippen molar-refractivity contribution in [2.45, 2.75) is 53.6 Å². The van der Waals surface area contributed by atoms with Gasteiger partial charge in [-0.3, -0.25) is 9.59 Å². The number of esters is 1. The van der Waals surface area contributed by atoms with E-state index in [1.807, 2.05) is 13.8 Å². The second kappa shape index (κ2) is 8.68. The highest BCUT2D eigenvalue weighted by Gasteiger charge is 2.35. The minimum atomic E-state index is -0.435. The Hall–Kier alpha value is -2.83. The Morgan fingerprint density at radius 1 is 1.24 bits per heavy atom. The van der Waals surface area contributed by atoms with E-state index in [0.29, 0.717) is 29.1 Å². The number of amides is 1. The van der Waals surface area contributed by atoms with E-state index in [2.05, 4.69) is 0 Å². The number of hydrogen-bond acceptors (Lipinski definition) is 5. The van der Waals surface area contributed by atoms with Crippen LogP contribution in [0.5, 0.6) is 0 Å². The standard InChI is InChI=1S/C22H28N2O5/c1-5-24-15(4)19(14(3)20(24)22(27)28-6-2)18(25)13-23(21(26)16-9-10-16)12-17-8-7-11-29-17/h7-8,11,16H,5-6,9-10,12-13H2,1-4H3. The van der Waals surface area contributed by atoms with E-state index in [-0.39, 0.29) is 37.3 Å². The van der Waals surface area contributed by atoms with Gasteiger partial charge in [0.25, 0.3) is 0 Å². The molecule has 7 nitrogen and oxygen atoms in total. The third-order valence-corrected chi connectivity index (χ3v) is 5.33. The SMILES string of the molecule is CCOC(=O)c1c(C)c(C(=O)CN(Cc2ccco2)C(=O)C2CC2)c(C)n1CC. The second-order valence-electron chi connectivity index (χ2n) is 7.37. The predicted octanol–water partition coefficient (Wildman–Crippen LogP) is 3.52. The van der Waals surface area contributed by atoms with Gasteiger partial charge >= 0.3 is 5.97 Å². The number of ketones is 1. The van der Waals surface area contributed by atoms with Crippen molar-refractivity contribution in [3.63, 3.8) is 0 Å². The smallest absolute Gasteiger partial charge is 0.355 e. The molecule has 0 atom stereocenters. The fraction of sp³-hybridized carbons (Fsp3) is 0.500. The van der Waals surface area contributed by atoms with Crippen LogP contribution in [0.25, 0.3) is 0 Å². The van der Waals surface area contributed by atoms with Crippen molar-refractivity contribution in [2.24, 2.45) is 5.92 Å². The zero-order chi connectivity index (χ0) is 21.1. The van der Waals surface area contributed by atoms with Crippen LogP contribution in [0, 0.1) is 19.8 Å². The van der Waals surface area contributed by atoms with E-state index in [0.717, 1.165) is 18.5 Å². The maximum atomic E-state index is 13.2. The molecule has 0 saturated heterocycles. The van der Waals surface area contributed by atoms with Crippen LogP contribution in [-0.2, 0) is 22.6 Å². The van der Waals surface area contributed by atoms with E-state index in [1.54, 1.807) is 41.7 Å². The summed E-state index contributed by atoms with van der Waals surface area (Å²) in [5.41, 5.74) is 2.21. The molecule has 2 aromatic heterocycles. The van der Waals surface area contributed by atoms with Gasteiger partial charge in [-0.05, 0) is 58.2 Å². The Bertz CT molecular complexity index is 906. The molecule has 0 N–H and O–H groups in total. The van der Waals surface area contributed by atoms with E-state index >= 15 is 0 Å². The summed E-state index contributed by atoms with van der Waals surface area (Å²) in [6.45, 7) is 8.28. The third-order valence-electron chi connectivity index (χ3n) is 5.33. The molecule has 1 saturated carbocycles. The Labute approximate surface area is 170 Å². The number of nitrogens with zero attached hydrogens (tertiary/aromatic N) is 2. The van der Waals surface area contributed by atoms with Gasteiger partial charge in [0, 0.05) is 23.7 Å². The normalized spacial score (nSPS) is 13.4. The quantitative estimate of drug-likeness (QED) is 0.475. The van der Waals surface area contributed by atoms with Crippen LogP contribution >= 0.6 is 0 Å². The molecule has 1 aliphatic rings. The summed E-state index contributed by atoms with van der Waals surface area (Å²) >= 11 is 0. The Morgan fingerprint density at radius 2 is 1.97 bits per heavy atom. The van der Waals surface area contributed by atoms with E-state index in [1.165, 1.54) is 0 Å². The van der Waals surface area contributed by atoms with Gasteiger partial charge in [-0.15, -0.1) is 0 Å². The number of Topliss-reactive ketones (excluding diaryl/α,β-unsaturated/α-hetero) is 1. The van der Waals surface area contributed by atoms with E-state index in [9.17, 15) is 14.4 Å². The average Bonchev–Trinajstić information content (AvgIpc) is 3.34. The summed E-state index contributed by atoms with van der Waals surface area (Å²) in [6, 6.07) is 3.55. The lowest BCUT2D eigenvalue weighted by Gasteiger charge is -2.21. The molecule has 0 aliphatic heterocycles. The van der Waals surface area contributed by atoms with Gasteiger partial charge in [-0.2, -0.15) is 0 Å². The van der Waals surface area contributed by atoms with Gasteiger partial charge in [0.05, 0.1) is 26.0 Å². The number of rotatable bonds is 9. The molecule has 3 rings (SSSR count). The van der Waals surface area contributed by atoms with Gasteiger partial charge in [0.2, 0.25) is 5.91 Å². The molecule has 2 aromatic rings. The zero-order valence-electron chi connectivity index (χ0n) is 17.5. The highest BCUT2D eigenvalue weighted by atomic mass is 16.5. The number of furan rings is 1. The van der Waals surface area contributed by atoms with Crippen LogP contribution in [0.15, 0.2) is 22.8 Å². The molecule has 0 spiro atoms. The molecular formula is C22H28N2O5. The highest BCUT2D eigenvalue weighted by Crippen LogP contribution is 2.32. The summed E-state index contributed by atoms with van der Waals surface area (Å²) in [4.78, 5) is 40.0. The van der Waals surface area contributed by atoms with Crippen LogP contribution in [-0.4, -0.2) is 40.3 Å². The fourth-order valence-corrected chi connectivity index (χ4v) is 3.81. The fourth-order valence-electron chi connectivity index (χ4n) is 3.81. The topological polar surface area (TPSA) is 81.8 Å². The second-order valence-corrected chi connectivity index (χ2v) is 7.37. The van der Waals surface area contributed by atoms with Gasteiger partial charge in [0.15, 0.2) is 5.78 Å². The van der Waals surface area contributed by atoms with Crippen molar-refractivity contribution < 1.29 is 23.5 Å². The Kier molecular flexibility index (Phi) is 6.25. The van der Waals surface area contributed by atoms with Gasteiger partial charge in [-0.25, -0.2) is 4.79 Å². The third kappa shape index (κ3) is 4.28. The molecule has 0 unspecified atom stereocenters. The first-order chi connectivity index (χ1) is 13.9. The highest BCUT2D eigenvalue weighted by molar-refractivity contribution is 6.04. The molecule has 2 heterocycles. The summed E-state index contributed by atoms with van der Waals surface area (Å²) in [7, 11) is 0. The maximum Gasteiger partial charge on any atom is 0.355 e. The van der Waals surface area contributed by atoms with Crippen molar-refractivity contribution in [1.29, 1.82) is 0 Å². The number of aromatic nitrogens is 1. The molecule has 156 valence electrons. The maximum absolute atomic E-state index is 13.2. The summed E-state index contributed by atoms with van der Waals surface area (Å²) in [5.74, 6) is -0.00623. The minimum absolute atomic E-state index is 0.00436. The average molecular weight is 400 g/mol. The zero-order valence-corrected chi connectivity index (χ0v) is 17.5. The van der Waals surface area contributed by atoms with Crippen molar-refractivity contribution >= 4 is 17.7 Å². The minimum Gasteiger partial charge on any atom is -0.467 e. The van der Waals surface area contributed by atoms with Crippen LogP contribution in [0.1, 0.15) is 64.6 Å². The number of hydrogen-bond donors (Lipinski definition) is 0. The molecule has 29 heavy (non-hydrogen) atoms. The molecule has 7 heteroatoms. The molecule has 1 amide bonds. The first-order valence-corrected chi connectivity index (χ1v) is 10.1. The molecule has 0 aromatic carbocycles. The Balaban J connectivity index is 1.89. The Morgan fingerprint density at radius 3 is 2.52 bits per heavy atom. The largest absolute Gasteiger partial charge is 0.467 e. The lowest BCUT2D eigenvalue weighted by atomic mass is 10.0. The van der Waals surface area contributed by atoms with Crippen molar-refractivity contribution in [1.82, 2.24) is 9.47 Å². The van der Waals surface area contributed by atoms with Gasteiger partial charge < -0.3 is 18.6 Å². The molecule has 0 radical (unpaired) electrons. The molecule has 0 bridgehead atoms. The number of carbonyl (C=O) groups is 3. The van der Waals surface area contributed by atoms with Gasteiger partial charge in [0.1, 0.15) is 11.5 Å². The van der Waals surface area contributed by atoms with E-state index < -0.39 is 5.97 Å². The van der Waals surface area contributed by atoms with Crippen LogP contribution in [0.4, 0.5) is 0 Å². The van der Waals surface area contributed by atoms with Crippen molar-refractivity contribution in [2.75, 3.05) is 13.2 Å². The molecule has 1 fully saturated rings. The number of carbonyl (C=O) groups excluding carboxylic acids is 3. The van der Waals surface area contributed by atoms with Crippen molar-refractivity contribution in [3.8, 4) is 0 Å². The molecular weight excluding hydrogens is 372 g/mol. The summed E-state index contributed by atoms with van der Waals surface area (Å²) < 4.78 is 12.4. The summed E-state index contributed by atoms with van der Waals surface area (Å²) in [5, 5.41) is 0. The first kappa shape index (κ1) is 20.9. The summed E-state index contributed by atoms with van der Waals surface area (Å²) in [6.07, 6.45) is 3.27. The van der Waals surface area contributed by atoms with E-state index in [4.69, 9.17) is 9.15 Å². The van der Waals surface area contributed by atoms with Crippen molar-refractivity contribution in [3.05, 3.63) is 46.7 Å². The number of ether oxygens (including phenoxy) is 1. The van der Waals surface area contributed by atoms with Crippen LogP contribution in [0.3, 0.4) is 0 Å². The first-order valence-electron chi connectivity index (χ1n) is 10.1. The monoisotopic (exact) mass is 400 g/mol. The molecule has 1 aliphatic carbocycles. The van der Waals surface area contributed by atoms with Crippen LogP contribution in [0.2, 0.25) is 0 Å². The van der Waals surface area contributed by atoms with Gasteiger partial charge in [-0.1, -0.05) is 0 Å². The van der Waals surface area contributed by atoms with Crippen LogP contribution < -0.4 is 0 Å². The predicted molar refractivity (Wildman–Crippen MR) is 107 cm³/mol. The lowest BCUT2D eigenvalue weighted by molar-refractivity contribution is -0.132.